The maximum atomic E-state index is 12.8. The molecule has 0 aromatic heterocycles. The number of benzene rings is 2. The molecule has 0 radical (unpaired) electrons. The van der Waals surface area contributed by atoms with Crippen LogP contribution in [0.15, 0.2) is 36.4 Å². The van der Waals surface area contributed by atoms with E-state index < -0.39 is 11.7 Å². The minimum absolute atomic E-state index is 0.0423. The van der Waals surface area contributed by atoms with E-state index in [1.54, 1.807) is 19.1 Å². The lowest BCUT2D eigenvalue weighted by molar-refractivity contribution is -0.142. The number of ether oxygens (including phenoxy) is 2. The van der Waals surface area contributed by atoms with Crippen molar-refractivity contribution in [3.05, 3.63) is 52.5 Å². The molecule has 0 N–H and O–H groups in total. The number of halogens is 4. The van der Waals surface area contributed by atoms with Crippen molar-refractivity contribution in [2.75, 3.05) is 13.2 Å². The summed E-state index contributed by atoms with van der Waals surface area (Å²) in [6.07, 6.45) is -2.19. The van der Waals surface area contributed by atoms with Crippen molar-refractivity contribution in [3.63, 3.8) is 0 Å². The van der Waals surface area contributed by atoms with E-state index in [1.165, 1.54) is 12.1 Å². The number of carbonyl (C=O) groups is 1. The summed E-state index contributed by atoms with van der Waals surface area (Å²) in [6, 6.07) is 8.11. The highest BCUT2D eigenvalue weighted by Gasteiger charge is 2.30. The van der Waals surface area contributed by atoms with Gasteiger partial charge < -0.3 is 9.47 Å². The molecule has 7 heteroatoms. The lowest BCUT2D eigenvalue weighted by Gasteiger charge is -2.16. The van der Waals surface area contributed by atoms with Crippen LogP contribution in [0.4, 0.5) is 13.2 Å². The highest BCUT2D eigenvalue weighted by molar-refractivity contribution is 6.33. The first-order valence-corrected chi connectivity index (χ1v) is 9.44. The van der Waals surface area contributed by atoms with E-state index >= 15 is 0 Å². The second-order valence-corrected chi connectivity index (χ2v) is 7.17. The van der Waals surface area contributed by atoms with Crippen LogP contribution in [0, 0.1) is 5.92 Å². The Morgan fingerprint density at radius 2 is 1.86 bits per heavy atom. The minimum Gasteiger partial charge on any atom is -0.493 e. The average Bonchev–Trinajstić information content (AvgIpc) is 3.43. The Bertz CT molecular complexity index is 843. The number of carbonyl (C=O) groups excluding carboxylic acids is 1. The van der Waals surface area contributed by atoms with E-state index in [2.05, 4.69) is 0 Å². The van der Waals surface area contributed by atoms with E-state index in [-0.39, 0.29) is 19.0 Å². The van der Waals surface area contributed by atoms with Gasteiger partial charge in [-0.1, -0.05) is 23.7 Å². The van der Waals surface area contributed by atoms with Gasteiger partial charge in [0.1, 0.15) is 5.75 Å². The van der Waals surface area contributed by atoms with Crippen LogP contribution in [0.2, 0.25) is 5.02 Å². The highest BCUT2D eigenvalue weighted by atomic mass is 35.5. The molecule has 1 aliphatic rings. The third-order valence-electron chi connectivity index (χ3n) is 4.44. The third-order valence-corrected chi connectivity index (χ3v) is 4.74. The van der Waals surface area contributed by atoms with Gasteiger partial charge in [-0.2, -0.15) is 13.2 Å². The van der Waals surface area contributed by atoms with Crippen LogP contribution < -0.4 is 4.74 Å². The molecule has 150 valence electrons. The summed E-state index contributed by atoms with van der Waals surface area (Å²) < 4.78 is 49.4. The van der Waals surface area contributed by atoms with Crippen molar-refractivity contribution >= 4 is 17.6 Å². The predicted molar refractivity (Wildman–Crippen MR) is 100 cm³/mol. The molecule has 3 nitrogen and oxygen atoms in total. The molecule has 2 aromatic rings. The summed E-state index contributed by atoms with van der Waals surface area (Å²) >= 11 is 6.44. The molecule has 1 aliphatic carbocycles. The monoisotopic (exact) mass is 412 g/mol. The number of rotatable bonds is 7. The topological polar surface area (TPSA) is 35.5 Å². The lowest BCUT2D eigenvalue weighted by atomic mass is 10.00. The van der Waals surface area contributed by atoms with Gasteiger partial charge in [-0.25, -0.2) is 0 Å². The fraction of sp³-hybridized carbons (Fsp3) is 0.381. The van der Waals surface area contributed by atoms with Crippen LogP contribution >= 0.6 is 11.6 Å². The molecule has 1 saturated carbocycles. The third kappa shape index (κ3) is 5.19. The molecule has 0 atom stereocenters. The van der Waals surface area contributed by atoms with E-state index in [1.807, 2.05) is 0 Å². The quantitative estimate of drug-likeness (QED) is 0.529. The van der Waals surface area contributed by atoms with Gasteiger partial charge in [0.25, 0.3) is 0 Å². The first-order valence-electron chi connectivity index (χ1n) is 9.06. The van der Waals surface area contributed by atoms with Crippen molar-refractivity contribution in [1.82, 2.24) is 0 Å². The van der Waals surface area contributed by atoms with Crippen LogP contribution in [0.3, 0.4) is 0 Å². The Balaban J connectivity index is 1.94. The molecular weight excluding hydrogens is 393 g/mol. The van der Waals surface area contributed by atoms with E-state index in [4.69, 9.17) is 21.1 Å². The molecule has 0 unspecified atom stereocenters. The highest BCUT2D eigenvalue weighted by Crippen LogP contribution is 2.40. The van der Waals surface area contributed by atoms with Crippen LogP contribution in [-0.4, -0.2) is 19.2 Å². The smallest absolute Gasteiger partial charge is 0.416 e. The summed E-state index contributed by atoms with van der Waals surface area (Å²) in [5.41, 5.74) is 0.937. The normalized spacial score (nSPS) is 14.0. The largest absolute Gasteiger partial charge is 0.493 e. The molecule has 0 saturated heterocycles. The Morgan fingerprint density at radius 3 is 2.43 bits per heavy atom. The molecule has 0 heterocycles. The van der Waals surface area contributed by atoms with Gasteiger partial charge in [0.2, 0.25) is 0 Å². The maximum absolute atomic E-state index is 12.8. The van der Waals surface area contributed by atoms with Gasteiger partial charge in [0.15, 0.2) is 0 Å². The zero-order chi connectivity index (χ0) is 20.3. The van der Waals surface area contributed by atoms with Gasteiger partial charge >= 0.3 is 12.1 Å². The minimum atomic E-state index is -4.41. The Hall–Kier alpha value is -2.21. The van der Waals surface area contributed by atoms with Gasteiger partial charge in [0, 0.05) is 5.56 Å². The van der Waals surface area contributed by atoms with Gasteiger partial charge in [-0.3, -0.25) is 4.79 Å². The molecule has 0 spiro atoms. The summed E-state index contributed by atoms with van der Waals surface area (Å²) in [5, 5.41) is 0.312. The fourth-order valence-corrected chi connectivity index (χ4v) is 3.17. The van der Waals surface area contributed by atoms with Crippen molar-refractivity contribution in [1.29, 1.82) is 0 Å². The molecule has 3 rings (SSSR count). The van der Waals surface area contributed by atoms with E-state index in [9.17, 15) is 18.0 Å². The fourth-order valence-electron chi connectivity index (χ4n) is 2.83. The molecule has 0 amide bonds. The van der Waals surface area contributed by atoms with Crippen molar-refractivity contribution < 1.29 is 27.4 Å². The van der Waals surface area contributed by atoms with E-state index in [0.717, 1.165) is 25.0 Å². The molecule has 2 aromatic carbocycles. The summed E-state index contributed by atoms with van der Waals surface area (Å²) in [4.78, 5) is 11.8. The van der Waals surface area contributed by atoms with Gasteiger partial charge in [-0.05, 0) is 61.1 Å². The molecule has 1 fully saturated rings. The van der Waals surface area contributed by atoms with Crippen LogP contribution in [0.1, 0.15) is 30.9 Å². The molecule has 0 aliphatic heterocycles. The van der Waals surface area contributed by atoms with Crippen molar-refractivity contribution in [2.45, 2.75) is 32.4 Å². The zero-order valence-corrected chi connectivity index (χ0v) is 16.1. The summed E-state index contributed by atoms with van der Waals surface area (Å²) in [7, 11) is 0. The second kappa shape index (κ2) is 8.43. The number of hydrogen-bond acceptors (Lipinski definition) is 3. The molecule has 28 heavy (non-hydrogen) atoms. The van der Waals surface area contributed by atoms with Crippen LogP contribution in [-0.2, 0) is 22.1 Å². The van der Waals surface area contributed by atoms with Gasteiger partial charge in [-0.15, -0.1) is 0 Å². The Kier molecular flexibility index (Phi) is 6.18. The standard InChI is InChI=1S/C21H20ClF3O3/c1-2-27-19(26)11-14-9-17(22)20(18(10-14)28-12-13-3-4-13)15-5-7-16(8-6-15)21(23,24)25/h5-10,13H,2-4,11-12H2,1H3. The molecule has 0 bridgehead atoms. The number of alkyl halides is 3. The first-order chi connectivity index (χ1) is 13.3. The average molecular weight is 413 g/mol. The summed E-state index contributed by atoms with van der Waals surface area (Å²) in [6.45, 7) is 2.51. The first kappa shape index (κ1) is 20.5. The Morgan fingerprint density at radius 1 is 1.18 bits per heavy atom. The lowest BCUT2D eigenvalue weighted by Crippen LogP contribution is -2.08. The summed E-state index contributed by atoms with van der Waals surface area (Å²) in [5.74, 6) is 0.556. The van der Waals surface area contributed by atoms with Crippen molar-refractivity contribution in [2.24, 2.45) is 5.92 Å². The van der Waals surface area contributed by atoms with Crippen molar-refractivity contribution in [3.8, 4) is 16.9 Å². The Labute approximate surface area is 166 Å². The molecular formula is C21H20ClF3O3. The second-order valence-electron chi connectivity index (χ2n) is 6.76. The SMILES string of the molecule is CCOC(=O)Cc1cc(Cl)c(-c2ccc(C(F)(F)F)cc2)c(OCC2CC2)c1. The number of hydrogen-bond donors (Lipinski definition) is 0. The van der Waals surface area contributed by atoms with Crippen LogP contribution in [0.25, 0.3) is 11.1 Å². The van der Waals surface area contributed by atoms with E-state index in [0.29, 0.717) is 40.0 Å². The van der Waals surface area contributed by atoms with Crippen LogP contribution in [0.5, 0.6) is 5.75 Å². The zero-order valence-electron chi connectivity index (χ0n) is 15.3. The number of esters is 1. The maximum Gasteiger partial charge on any atom is 0.416 e. The van der Waals surface area contributed by atoms with Gasteiger partial charge in [0.05, 0.1) is 30.2 Å². The predicted octanol–water partition coefficient (Wildman–Crippen LogP) is 5.92.